The maximum absolute atomic E-state index is 14.4. The minimum atomic E-state index is -3.88. The van der Waals surface area contributed by atoms with Crippen LogP contribution in [0.2, 0.25) is 0 Å². The first-order chi connectivity index (χ1) is 18.7. The highest BCUT2D eigenvalue weighted by atomic mass is 32.2. The number of sulfonamides is 1. The van der Waals surface area contributed by atoms with Gasteiger partial charge in [0.25, 0.3) is 5.91 Å². The number of thiazole rings is 1. The van der Waals surface area contributed by atoms with Crippen molar-refractivity contribution < 1.29 is 31.5 Å². The van der Waals surface area contributed by atoms with Crippen LogP contribution >= 0.6 is 11.3 Å². The van der Waals surface area contributed by atoms with Crippen LogP contribution in [0.3, 0.4) is 0 Å². The van der Waals surface area contributed by atoms with Crippen molar-refractivity contribution in [3.63, 3.8) is 0 Å². The molecule has 13 heteroatoms. The number of fused-ring (bicyclic) bond motifs is 1. The van der Waals surface area contributed by atoms with Crippen molar-refractivity contribution >= 4 is 42.6 Å². The number of hydrogen-bond donors (Lipinski definition) is 0. The fourth-order valence-corrected chi connectivity index (χ4v) is 6.16. The van der Waals surface area contributed by atoms with Crippen LogP contribution < -0.4 is 4.90 Å². The van der Waals surface area contributed by atoms with Gasteiger partial charge in [-0.3, -0.25) is 14.7 Å². The Kier molecular flexibility index (Phi) is 9.30. The summed E-state index contributed by atoms with van der Waals surface area (Å²) in [6.07, 6.45) is 1.57. The van der Waals surface area contributed by atoms with Gasteiger partial charge in [0.2, 0.25) is 10.0 Å². The third kappa shape index (κ3) is 6.62. The lowest BCUT2D eigenvalue weighted by atomic mass is 10.2. The van der Waals surface area contributed by atoms with Crippen LogP contribution in [0.15, 0.2) is 65.7 Å². The Hall–Kier alpha value is -3.36. The van der Waals surface area contributed by atoms with Crippen LogP contribution in [-0.2, 0) is 26.0 Å². The van der Waals surface area contributed by atoms with Gasteiger partial charge in [0, 0.05) is 45.1 Å². The number of pyridine rings is 1. The van der Waals surface area contributed by atoms with Crippen molar-refractivity contribution in [1.82, 2.24) is 14.3 Å². The Labute approximate surface area is 228 Å². The van der Waals surface area contributed by atoms with E-state index in [-0.39, 0.29) is 58.7 Å². The number of aromatic nitrogens is 2. The van der Waals surface area contributed by atoms with E-state index < -0.39 is 27.6 Å². The predicted molar refractivity (Wildman–Crippen MR) is 143 cm³/mol. The van der Waals surface area contributed by atoms with E-state index in [0.29, 0.717) is 5.69 Å². The number of hydrogen-bond acceptors (Lipinski definition) is 8. The van der Waals surface area contributed by atoms with Crippen LogP contribution in [0.5, 0.6) is 0 Å². The minimum absolute atomic E-state index is 0.0000607. The molecule has 0 spiro atoms. The van der Waals surface area contributed by atoms with Gasteiger partial charge in [0.05, 0.1) is 35.0 Å². The zero-order valence-corrected chi connectivity index (χ0v) is 22.8. The van der Waals surface area contributed by atoms with Crippen molar-refractivity contribution in [2.24, 2.45) is 0 Å². The molecule has 1 amide bonds. The lowest BCUT2D eigenvalue weighted by Gasteiger charge is -2.22. The van der Waals surface area contributed by atoms with E-state index in [0.717, 1.165) is 23.5 Å². The summed E-state index contributed by atoms with van der Waals surface area (Å²) < 4.78 is 66.2. The number of rotatable bonds is 12. The smallest absolute Gasteiger partial charge is 0.260 e. The van der Waals surface area contributed by atoms with Crippen LogP contribution in [0.1, 0.15) is 16.1 Å². The van der Waals surface area contributed by atoms with Crippen LogP contribution in [0, 0.1) is 11.6 Å². The van der Waals surface area contributed by atoms with Gasteiger partial charge < -0.3 is 9.47 Å². The quantitative estimate of drug-likeness (QED) is 0.250. The molecule has 0 fully saturated rings. The first-order valence-corrected chi connectivity index (χ1v) is 14.1. The largest absolute Gasteiger partial charge is 0.383 e. The Bertz CT molecular complexity index is 1530. The summed E-state index contributed by atoms with van der Waals surface area (Å²) in [5.74, 6) is -2.10. The summed E-state index contributed by atoms with van der Waals surface area (Å²) in [6.45, 7) is 0.680. The van der Waals surface area contributed by atoms with Crippen molar-refractivity contribution in [2.45, 2.75) is 11.4 Å². The number of anilines is 1. The molecule has 0 atom stereocenters. The molecule has 2 aromatic heterocycles. The number of carbonyl (C=O) groups is 1. The van der Waals surface area contributed by atoms with Gasteiger partial charge >= 0.3 is 0 Å². The highest BCUT2D eigenvalue weighted by Crippen LogP contribution is 2.33. The Balaban J connectivity index is 1.67. The normalized spacial score (nSPS) is 11.8. The third-order valence-electron chi connectivity index (χ3n) is 5.75. The molecule has 2 aromatic carbocycles. The molecule has 2 heterocycles. The summed E-state index contributed by atoms with van der Waals surface area (Å²) in [7, 11) is -0.923. The van der Waals surface area contributed by atoms with Gasteiger partial charge in [-0.1, -0.05) is 17.4 Å². The summed E-state index contributed by atoms with van der Waals surface area (Å²) in [4.78, 5) is 23.5. The fraction of sp³-hybridized carbons (Fsp3) is 0.269. The molecule has 0 bridgehead atoms. The third-order valence-corrected chi connectivity index (χ3v) is 8.69. The lowest BCUT2D eigenvalue weighted by molar-refractivity contribution is 0.0984. The van der Waals surface area contributed by atoms with Crippen molar-refractivity contribution in [1.29, 1.82) is 0 Å². The number of halogens is 2. The average molecular weight is 577 g/mol. The highest BCUT2D eigenvalue weighted by Gasteiger charge is 2.27. The van der Waals surface area contributed by atoms with Crippen LogP contribution in [-0.4, -0.2) is 69.1 Å². The van der Waals surface area contributed by atoms with Crippen LogP contribution in [0.4, 0.5) is 13.9 Å². The molecular formula is C26H26F2N4O5S2. The average Bonchev–Trinajstić information content (AvgIpc) is 3.36. The van der Waals surface area contributed by atoms with E-state index in [1.165, 1.54) is 47.7 Å². The molecule has 0 unspecified atom stereocenters. The van der Waals surface area contributed by atoms with E-state index in [2.05, 4.69) is 9.97 Å². The van der Waals surface area contributed by atoms with Gasteiger partial charge in [-0.05, 0) is 42.5 Å². The molecule has 0 aliphatic rings. The Morgan fingerprint density at radius 2 is 1.69 bits per heavy atom. The molecule has 4 rings (SSSR count). The summed E-state index contributed by atoms with van der Waals surface area (Å²) in [6, 6.07) is 12.6. The minimum Gasteiger partial charge on any atom is -0.383 e. The van der Waals surface area contributed by atoms with Gasteiger partial charge in [-0.15, -0.1) is 0 Å². The van der Waals surface area contributed by atoms with Crippen LogP contribution in [0.25, 0.3) is 10.2 Å². The zero-order chi connectivity index (χ0) is 28.0. The molecule has 39 heavy (non-hydrogen) atoms. The SMILES string of the molecule is COCCN(CCOC)S(=O)(=O)c1ccc(C(=O)N(Cc2ccccn2)c2nc3c(F)cc(F)cc3s2)cc1. The second kappa shape index (κ2) is 12.7. The number of benzene rings is 2. The summed E-state index contributed by atoms with van der Waals surface area (Å²) >= 11 is 0.962. The van der Waals surface area contributed by atoms with E-state index in [9.17, 15) is 22.0 Å². The topological polar surface area (TPSA) is 102 Å². The van der Waals surface area contributed by atoms with E-state index in [4.69, 9.17) is 9.47 Å². The Morgan fingerprint density at radius 3 is 2.31 bits per heavy atom. The van der Waals surface area contributed by atoms with Gasteiger partial charge in [0.1, 0.15) is 11.3 Å². The monoisotopic (exact) mass is 576 g/mol. The number of nitrogens with zero attached hydrogens (tertiary/aromatic N) is 4. The number of carbonyl (C=O) groups excluding carboxylic acids is 1. The molecule has 206 valence electrons. The molecule has 0 aliphatic carbocycles. The van der Waals surface area contributed by atoms with E-state index in [1.54, 1.807) is 24.4 Å². The highest BCUT2D eigenvalue weighted by molar-refractivity contribution is 7.89. The second-order valence-corrected chi connectivity index (χ2v) is 11.3. The molecular weight excluding hydrogens is 550 g/mol. The van der Waals surface area contributed by atoms with Crippen molar-refractivity contribution in [3.05, 3.63) is 83.7 Å². The first kappa shape index (κ1) is 28.6. The maximum atomic E-state index is 14.4. The second-order valence-electron chi connectivity index (χ2n) is 8.36. The zero-order valence-electron chi connectivity index (χ0n) is 21.2. The van der Waals surface area contributed by atoms with Gasteiger partial charge in [-0.25, -0.2) is 22.2 Å². The van der Waals surface area contributed by atoms with Crippen molar-refractivity contribution in [3.8, 4) is 0 Å². The molecule has 0 N–H and O–H groups in total. The number of methoxy groups -OCH3 is 2. The predicted octanol–water partition coefficient (Wildman–Crippen LogP) is 4.10. The van der Waals surface area contributed by atoms with Crippen molar-refractivity contribution in [2.75, 3.05) is 45.4 Å². The Morgan fingerprint density at radius 1 is 1.00 bits per heavy atom. The molecule has 0 aliphatic heterocycles. The lowest BCUT2D eigenvalue weighted by Crippen LogP contribution is -2.36. The maximum Gasteiger partial charge on any atom is 0.260 e. The summed E-state index contributed by atoms with van der Waals surface area (Å²) in [5.41, 5.74) is 0.669. The van der Waals surface area contributed by atoms with E-state index >= 15 is 0 Å². The number of ether oxygens (including phenoxy) is 2. The van der Waals surface area contributed by atoms with Gasteiger partial charge in [-0.2, -0.15) is 4.31 Å². The standard InChI is InChI=1S/C26H26F2N4O5S2/c1-36-13-11-31(12-14-37-2)39(34,35)21-8-6-18(7-9-21)25(33)32(17-20-5-3-4-10-29-20)26-30-24-22(28)15-19(27)16-23(24)38-26/h3-10,15-16H,11-14,17H2,1-2H3. The van der Waals surface area contributed by atoms with E-state index in [1.807, 2.05) is 0 Å². The molecule has 0 radical (unpaired) electrons. The fourth-order valence-electron chi connectivity index (χ4n) is 3.75. The molecule has 0 saturated carbocycles. The molecule has 9 nitrogen and oxygen atoms in total. The molecule has 0 saturated heterocycles. The molecule has 4 aromatic rings. The van der Waals surface area contributed by atoms with Gasteiger partial charge in [0.15, 0.2) is 10.9 Å². The summed E-state index contributed by atoms with van der Waals surface area (Å²) in [5, 5.41) is 0.146. The first-order valence-electron chi connectivity index (χ1n) is 11.8. The number of amides is 1.